The molecule has 0 aromatic heterocycles. The lowest BCUT2D eigenvalue weighted by molar-refractivity contribution is 0.0600. The van der Waals surface area contributed by atoms with E-state index in [4.69, 9.17) is 6.85 Å². The largest absolute Gasteiger partial charge is 0.508 e. The topological polar surface area (TPSA) is 46.5 Å². The van der Waals surface area contributed by atoms with Gasteiger partial charge in [0.05, 0.1) is 16.8 Å². The molecular formula is C11H12O3. The predicted molar refractivity (Wildman–Crippen MR) is 53.3 cm³/mol. The van der Waals surface area contributed by atoms with Crippen LogP contribution in [-0.4, -0.2) is 18.2 Å². The molecule has 1 rings (SSSR count). The first-order valence-corrected chi connectivity index (χ1v) is 3.78. The van der Waals surface area contributed by atoms with Crippen molar-refractivity contribution < 1.29 is 21.5 Å². The molecule has 14 heavy (non-hydrogen) atoms. The smallest absolute Gasteiger partial charge is 0.337 e. The average Bonchev–Trinajstić information content (AvgIpc) is 2.36. The minimum Gasteiger partial charge on any atom is -0.508 e. The molecule has 0 radical (unpaired) electrons. The Balaban J connectivity index is 3.42. The third-order valence-corrected chi connectivity index (χ3v) is 1.61. The molecule has 1 aromatic rings. The van der Waals surface area contributed by atoms with Crippen LogP contribution in [0.5, 0.6) is 5.75 Å². The van der Waals surface area contributed by atoms with Crippen molar-refractivity contribution in [1.29, 1.82) is 0 Å². The van der Waals surface area contributed by atoms with Gasteiger partial charge in [-0.05, 0) is 30.1 Å². The molecule has 0 heterocycles. The predicted octanol–water partition coefficient (Wildman–Crippen LogP) is 1.91. The van der Waals surface area contributed by atoms with E-state index in [9.17, 15) is 9.90 Å². The van der Waals surface area contributed by atoms with Crippen LogP contribution < -0.4 is 0 Å². The number of phenols is 1. The van der Waals surface area contributed by atoms with Crippen LogP contribution in [0.1, 0.15) is 22.8 Å². The minimum atomic E-state index is -2.55. The minimum absolute atomic E-state index is 0.00323. The van der Waals surface area contributed by atoms with Crippen molar-refractivity contribution in [3.05, 3.63) is 41.9 Å². The number of phenolic OH excluding ortho intramolecular Hbond substituents is 1. The summed E-state index contributed by atoms with van der Waals surface area (Å²) in [5, 5.41) is 9.64. The molecule has 0 unspecified atom stereocenters. The summed E-state index contributed by atoms with van der Waals surface area (Å²) in [6.07, 6.45) is -2.55. The van der Waals surface area contributed by atoms with E-state index in [0.29, 0.717) is 0 Å². The van der Waals surface area contributed by atoms with Gasteiger partial charge in [0.2, 0.25) is 0 Å². The summed E-state index contributed by atoms with van der Waals surface area (Å²) in [4.78, 5) is 11.3. The van der Waals surface area contributed by atoms with Crippen LogP contribution in [0.4, 0.5) is 0 Å². The van der Waals surface area contributed by atoms with Gasteiger partial charge in [-0.2, -0.15) is 0 Å². The van der Waals surface area contributed by atoms with E-state index >= 15 is 0 Å². The van der Waals surface area contributed by atoms with Crippen LogP contribution in [-0.2, 0) is 11.1 Å². The summed E-state index contributed by atoms with van der Waals surface area (Å²) in [5.41, 5.74) is -0.360. The second-order valence-corrected chi connectivity index (χ2v) is 2.47. The van der Waals surface area contributed by atoms with Crippen molar-refractivity contribution in [2.24, 2.45) is 0 Å². The molecule has 0 saturated heterocycles. The summed E-state index contributed by atoms with van der Waals surface area (Å²) >= 11 is 0. The van der Waals surface area contributed by atoms with E-state index < -0.39 is 30.7 Å². The first-order valence-electron chi connectivity index (χ1n) is 6.28. The summed E-state index contributed by atoms with van der Waals surface area (Å²) in [7, 11) is 1.16. The molecule has 3 nitrogen and oxygen atoms in total. The van der Waals surface area contributed by atoms with Gasteiger partial charge in [-0.3, -0.25) is 0 Å². The molecule has 0 aliphatic rings. The third-order valence-electron chi connectivity index (χ3n) is 1.61. The second-order valence-electron chi connectivity index (χ2n) is 2.47. The molecule has 3 heteroatoms. The van der Waals surface area contributed by atoms with Gasteiger partial charge in [0.25, 0.3) is 0 Å². The van der Waals surface area contributed by atoms with Gasteiger partial charge < -0.3 is 9.84 Å². The van der Waals surface area contributed by atoms with Gasteiger partial charge >= 0.3 is 5.97 Å². The number of carbonyl (C=O) groups is 1. The number of allylic oxidation sites excluding steroid dienone is 1. The SMILES string of the molecule is [2H]C([2H])=C([2H])C([2H])([2H])c1cc(C(=O)OC)ccc1O. The highest BCUT2D eigenvalue weighted by Gasteiger charge is 2.07. The standard InChI is InChI=1S/C11H12O3/c1-3-4-8-7-9(11(13)14-2)5-6-10(8)12/h3,5-7,12H,1,4H2,2H3/i1D2,3D,4D2. The zero-order valence-electron chi connectivity index (χ0n) is 12.5. The van der Waals surface area contributed by atoms with Crippen LogP contribution >= 0.6 is 0 Å². The van der Waals surface area contributed by atoms with Crippen LogP contribution in [0, 0.1) is 0 Å². The molecule has 0 atom stereocenters. The first-order chi connectivity index (χ1) is 8.71. The van der Waals surface area contributed by atoms with Crippen LogP contribution in [0.2, 0.25) is 0 Å². The van der Waals surface area contributed by atoms with Crippen LogP contribution in [0.25, 0.3) is 0 Å². The molecule has 0 spiro atoms. The van der Waals surface area contributed by atoms with Gasteiger partial charge in [-0.25, -0.2) is 4.79 Å². The lowest BCUT2D eigenvalue weighted by Crippen LogP contribution is -2.01. The zero-order chi connectivity index (χ0) is 14.8. The highest BCUT2D eigenvalue weighted by Crippen LogP contribution is 2.19. The fraction of sp³-hybridized carbons (Fsp3) is 0.182. The monoisotopic (exact) mass is 197 g/mol. The molecule has 1 aromatic carbocycles. The maximum atomic E-state index is 11.3. The zero-order valence-corrected chi connectivity index (χ0v) is 7.50. The molecule has 74 valence electrons. The molecule has 0 fully saturated rings. The van der Waals surface area contributed by atoms with Crippen molar-refractivity contribution in [2.45, 2.75) is 6.37 Å². The Hall–Kier alpha value is -1.77. The summed E-state index contributed by atoms with van der Waals surface area (Å²) in [6, 6.07) is 2.47. The Morgan fingerprint density at radius 3 is 3.36 bits per heavy atom. The van der Waals surface area contributed by atoms with E-state index in [1.807, 2.05) is 0 Å². The summed E-state index contributed by atoms with van der Waals surface area (Å²) < 4.78 is 41.2. The summed E-state index contributed by atoms with van der Waals surface area (Å²) in [5.74, 6) is -1.19. The van der Waals surface area contributed by atoms with Gasteiger partial charge in [-0.15, -0.1) is 6.53 Å². The summed E-state index contributed by atoms with van der Waals surface area (Å²) in [6.45, 7) is -1.01. The molecule has 0 amide bonds. The molecular weight excluding hydrogens is 180 g/mol. The van der Waals surface area contributed by atoms with Crippen molar-refractivity contribution in [3.63, 3.8) is 0 Å². The average molecular weight is 197 g/mol. The van der Waals surface area contributed by atoms with E-state index in [1.54, 1.807) is 0 Å². The van der Waals surface area contributed by atoms with Crippen molar-refractivity contribution in [3.8, 4) is 5.75 Å². The molecule has 0 saturated carbocycles. The van der Waals surface area contributed by atoms with Crippen molar-refractivity contribution in [1.82, 2.24) is 0 Å². The number of hydrogen-bond donors (Lipinski definition) is 1. The number of rotatable bonds is 3. The first kappa shape index (κ1) is 5.20. The van der Waals surface area contributed by atoms with Gasteiger partial charge in [-0.1, -0.05) is 6.05 Å². The molecule has 0 aliphatic heterocycles. The van der Waals surface area contributed by atoms with Gasteiger partial charge in [0.15, 0.2) is 0 Å². The lowest BCUT2D eigenvalue weighted by Gasteiger charge is -2.04. The van der Waals surface area contributed by atoms with Crippen LogP contribution in [0.3, 0.4) is 0 Å². The number of aromatic hydroxyl groups is 1. The van der Waals surface area contributed by atoms with Crippen molar-refractivity contribution in [2.75, 3.05) is 7.11 Å². The van der Waals surface area contributed by atoms with Gasteiger partial charge in [0.1, 0.15) is 5.75 Å². The number of carbonyl (C=O) groups excluding carboxylic acids is 1. The maximum absolute atomic E-state index is 11.3. The highest BCUT2D eigenvalue weighted by molar-refractivity contribution is 5.89. The Bertz CT molecular complexity index is 535. The van der Waals surface area contributed by atoms with E-state index in [0.717, 1.165) is 19.2 Å². The van der Waals surface area contributed by atoms with Gasteiger partial charge in [0, 0.05) is 2.74 Å². The Labute approximate surface area is 89.7 Å². The number of benzene rings is 1. The Morgan fingerprint density at radius 2 is 2.71 bits per heavy atom. The fourth-order valence-corrected chi connectivity index (χ4v) is 0.948. The Morgan fingerprint density at radius 1 is 1.93 bits per heavy atom. The molecule has 1 N–H and O–H groups in total. The quantitative estimate of drug-likeness (QED) is 0.594. The van der Waals surface area contributed by atoms with E-state index in [-0.39, 0.29) is 11.1 Å². The molecule has 0 bridgehead atoms. The lowest BCUT2D eigenvalue weighted by atomic mass is 10.1. The highest BCUT2D eigenvalue weighted by atomic mass is 16.5. The maximum Gasteiger partial charge on any atom is 0.337 e. The van der Waals surface area contributed by atoms with Crippen LogP contribution in [0.15, 0.2) is 30.8 Å². The van der Waals surface area contributed by atoms with Crippen molar-refractivity contribution >= 4 is 5.97 Å². The fourth-order valence-electron chi connectivity index (χ4n) is 0.948. The second kappa shape index (κ2) is 4.46. The molecule has 0 aliphatic carbocycles. The third kappa shape index (κ3) is 2.13. The number of ether oxygens (including phenoxy) is 1. The number of methoxy groups -OCH3 is 1. The van der Waals surface area contributed by atoms with E-state index in [2.05, 4.69) is 4.74 Å². The normalized spacial score (nSPS) is 15.4. The number of esters is 1. The Kier molecular flexibility index (Phi) is 1.66. The number of hydrogen-bond acceptors (Lipinski definition) is 3. The van der Waals surface area contributed by atoms with E-state index in [1.165, 1.54) is 6.07 Å².